The van der Waals surface area contributed by atoms with Crippen LogP contribution in [-0.2, 0) is 0 Å². The summed E-state index contributed by atoms with van der Waals surface area (Å²) in [5.74, 6) is 3.64. The highest BCUT2D eigenvalue weighted by Crippen LogP contribution is 2.25. The van der Waals surface area contributed by atoms with E-state index in [0.29, 0.717) is 12.3 Å². The minimum absolute atomic E-state index is 0.0760. The van der Waals surface area contributed by atoms with E-state index < -0.39 is 0 Å². The molecule has 2 atom stereocenters. The van der Waals surface area contributed by atoms with Crippen molar-refractivity contribution in [3.8, 4) is 12.3 Å². The van der Waals surface area contributed by atoms with Crippen LogP contribution in [0.5, 0.6) is 0 Å². The lowest BCUT2D eigenvalue weighted by Gasteiger charge is -2.14. The molecule has 1 aromatic rings. The third-order valence-electron chi connectivity index (χ3n) is 3.39. The Hall–Kier alpha value is -1.07. The minimum Gasteiger partial charge on any atom is -0.294 e. The summed E-state index contributed by atoms with van der Waals surface area (Å²) in [4.78, 5) is 14.5. The van der Waals surface area contributed by atoms with Gasteiger partial charge in [-0.25, -0.2) is 0 Å². The number of hydrogen-bond acceptors (Lipinski definition) is 2. The highest BCUT2D eigenvalue weighted by molar-refractivity contribution is 7.12. The SMILES string of the molecule is C#CC(CC(=O)c1cc(C)sc1C)CC(C)CC. The first-order valence-electron chi connectivity index (χ1n) is 6.54. The first-order valence-corrected chi connectivity index (χ1v) is 7.35. The number of hydrogen-bond donors (Lipinski definition) is 0. The highest BCUT2D eigenvalue weighted by Gasteiger charge is 2.18. The normalized spacial score (nSPS) is 13.9. The number of carbonyl (C=O) groups excluding carboxylic acids is 1. The zero-order chi connectivity index (χ0) is 13.7. The van der Waals surface area contributed by atoms with Gasteiger partial charge >= 0.3 is 0 Å². The third kappa shape index (κ3) is 3.99. The lowest BCUT2D eigenvalue weighted by Crippen LogP contribution is -2.10. The molecule has 0 aliphatic carbocycles. The molecule has 1 rings (SSSR count). The first-order chi connectivity index (χ1) is 8.47. The number of aryl methyl sites for hydroxylation is 2. The smallest absolute Gasteiger partial charge is 0.165 e. The molecule has 0 fully saturated rings. The molecule has 0 saturated carbocycles. The predicted octanol–water partition coefficient (Wildman–Crippen LogP) is 4.62. The van der Waals surface area contributed by atoms with Crippen molar-refractivity contribution in [1.82, 2.24) is 0 Å². The summed E-state index contributed by atoms with van der Waals surface area (Å²) in [6.45, 7) is 8.39. The molecular formula is C16H22OS. The van der Waals surface area contributed by atoms with Crippen molar-refractivity contribution in [3.05, 3.63) is 21.4 Å². The van der Waals surface area contributed by atoms with Gasteiger partial charge < -0.3 is 0 Å². The van der Waals surface area contributed by atoms with Gasteiger partial charge in [0.05, 0.1) is 0 Å². The van der Waals surface area contributed by atoms with E-state index in [4.69, 9.17) is 6.42 Å². The molecule has 0 aliphatic rings. The molecule has 0 N–H and O–H groups in total. The molecule has 0 amide bonds. The van der Waals surface area contributed by atoms with Crippen LogP contribution in [0.2, 0.25) is 0 Å². The lowest BCUT2D eigenvalue weighted by atomic mass is 9.89. The average Bonchev–Trinajstić information content (AvgIpc) is 2.67. The van der Waals surface area contributed by atoms with E-state index in [1.54, 1.807) is 11.3 Å². The molecular weight excluding hydrogens is 240 g/mol. The summed E-state index contributed by atoms with van der Waals surface area (Å²) in [5.41, 5.74) is 0.863. The molecule has 1 heterocycles. The average molecular weight is 262 g/mol. The molecule has 18 heavy (non-hydrogen) atoms. The van der Waals surface area contributed by atoms with E-state index in [1.165, 1.54) is 4.88 Å². The van der Waals surface area contributed by atoms with Gasteiger partial charge in [-0.3, -0.25) is 4.79 Å². The summed E-state index contributed by atoms with van der Waals surface area (Å²) in [7, 11) is 0. The van der Waals surface area contributed by atoms with E-state index in [1.807, 2.05) is 19.9 Å². The zero-order valence-electron chi connectivity index (χ0n) is 11.7. The molecule has 0 aromatic carbocycles. The van der Waals surface area contributed by atoms with Crippen molar-refractivity contribution in [2.75, 3.05) is 0 Å². The van der Waals surface area contributed by atoms with Crippen LogP contribution in [0.3, 0.4) is 0 Å². The van der Waals surface area contributed by atoms with Crippen molar-refractivity contribution in [3.63, 3.8) is 0 Å². The summed E-state index contributed by atoms with van der Waals surface area (Å²) < 4.78 is 0. The Bertz CT molecular complexity index is 450. The first kappa shape index (κ1) is 15.0. The highest BCUT2D eigenvalue weighted by atomic mass is 32.1. The standard InChI is InChI=1S/C16H22OS/c1-6-11(3)8-14(7-2)10-16(17)15-9-12(4)18-13(15)5/h2,9,11,14H,6,8,10H2,1,3-5H3. The topological polar surface area (TPSA) is 17.1 Å². The summed E-state index contributed by atoms with van der Waals surface area (Å²) in [6, 6.07) is 1.99. The molecule has 0 bridgehead atoms. The fourth-order valence-electron chi connectivity index (χ4n) is 2.10. The Balaban J connectivity index is 2.69. The minimum atomic E-state index is 0.0760. The van der Waals surface area contributed by atoms with Crippen LogP contribution in [0, 0.1) is 38.0 Å². The lowest BCUT2D eigenvalue weighted by molar-refractivity contribution is 0.0966. The fraction of sp³-hybridized carbons (Fsp3) is 0.562. The maximum absolute atomic E-state index is 12.2. The van der Waals surface area contributed by atoms with Gasteiger partial charge in [0.2, 0.25) is 0 Å². The van der Waals surface area contributed by atoms with Crippen LogP contribution in [0.15, 0.2) is 6.07 Å². The van der Waals surface area contributed by atoms with Gasteiger partial charge in [-0.2, -0.15) is 0 Å². The third-order valence-corrected chi connectivity index (χ3v) is 4.36. The molecule has 1 aromatic heterocycles. The molecule has 1 nitrogen and oxygen atoms in total. The van der Waals surface area contributed by atoms with Gasteiger partial charge in [-0.1, -0.05) is 20.3 Å². The molecule has 98 valence electrons. The van der Waals surface area contributed by atoms with E-state index in [2.05, 4.69) is 19.8 Å². The van der Waals surface area contributed by atoms with Gasteiger partial charge in [-0.05, 0) is 32.3 Å². The molecule has 0 saturated heterocycles. The number of terminal acetylenes is 1. The van der Waals surface area contributed by atoms with Crippen molar-refractivity contribution in [1.29, 1.82) is 0 Å². The van der Waals surface area contributed by atoms with Crippen LogP contribution in [0.25, 0.3) is 0 Å². The van der Waals surface area contributed by atoms with Crippen LogP contribution in [0.4, 0.5) is 0 Å². The second-order valence-corrected chi connectivity index (χ2v) is 6.53. The Morgan fingerprint density at radius 1 is 1.50 bits per heavy atom. The largest absolute Gasteiger partial charge is 0.294 e. The second kappa shape index (κ2) is 6.75. The fourth-order valence-corrected chi connectivity index (χ4v) is 3.05. The number of Topliss-reactive ketones (excluding diaryl/α,β-unsaturated/α-hetero) is 1. The van der Waals surface area contributed by atoms with Crippen molar-refractivity contribution < 1.29 is 4.79 Å². The van der Waals surface area contributed by atoms with Crippen molar-refractivity contribution in [2.45, 2.75) is 47.0 Å². The van der Waals surface area contributed by atoms with Crippen LogP contribution in [-0.4, -0.2) is 5.78 Å². The van der Waals surface area contributed by atoms with E-state index in [-0.39, 0.29) is 11.7 Å². The number of ketones is 1. The Labute approximate surface area is 115 Å². The molecule has 2 unspecified atom stereocenters. The quantitative estimate of drug-likeness (QED) is 0.540. The van der Waals surface area contributed by atoms with Crippen LogP contribution in [0.1, 0.15) is 53.2 Å². The second-order valence-electron chi connectivity index (χ2n) is 5.07. The Morgan fingerprint density at radius 3 is 2.61 bits per heavy atom. The summed E-state index contributed by atoms with van der Waals surface area (Å²) >= 11 is 1.68. The van der Waals surface area contributed by atoms with Gasteiger partial charge in [0.1, 0.15) is 0 Å². The van der Waals surface area contributed by atoms with Gasteiger partial charge in [0.15, 0.2) is 5.78 Å². The molecule has 0 aliphatic heterocycles. The zero-order valence-corrected chi connectivity index (χ0v) is 12.6. The van der Waals surface area contributed by atoms with Crippen LogP contribution >= 0.6 is 11.3 Å². The van der Waals surface area contributed by atoms with Gasteiger partial charge in [0.25, 0.3) is 0 Å². The van der Waals surface area contributed by atoms with Crippen molar-refractivity contribution in [2.24, 2.45) is 11.8 Å². The summed E-state index contributed by atoms with van der Waals surface area (Å²) in [5, 5.41) is 0. The van der Waals surface area contributed by atoms with E-state index in [9.17, 15) is 4.79 Å². The number of carbonyl (C=O) groups is 1. The van der Waals surface area contributed by atoms with Crippen LogP contribution < -0.4 is 0 Å². The monoisotopic (exact) mass is 262 g/mol. The molecule has 0 spiro atoms. The summed E-state index contributed by atoms with van der Waals surface area (Å²) in [6.07, 6.45) is 8.09. The van der Waals surface area contributed by atoms with Crippen molar-refractivity contribution >= 4 is 17.1 Å². The number of rotatable bonds is 6. The van der Waals surface area contributed by atoms with Gasteiger partial charge in [0, 0.05) is 27.7 Å². The maximum atomic E-state index is 12.2. The Morgan fingerprint density at radius 2 is 2.17 bits per heavy atom. The molecule has 0 radical (unpaired) electrons. The molecule has 2 heteroatoms. The Kier molecular flexibility index (Phi) is 5.62. The van der Waals surface area contributed by atoms with E-state index >= 15 is 0 Å². The van der Waals surface area contributed by atoms with E-state index in [0.717, 1.165) is 23.3 Å². The maximum Gasteiger partial charge on any atom is 0.165 e. The predicted molar refractivity (Wildman–Crippen MR) is 79.1 cm³/mol. The van der Waals surface area contributed by atoms with Gasteiger partial charge in [-0.15, -0.1) is 23.7 Å². The number of thiophene rings is 1.